The van der Waals surface area contributed by atoms with Crippen molar-refractivity contribution < 1.29 is 19.1 Å². The number of hydrogen-bond donors (Lipinski definition) is 1. The number of alkyl halides is 1. The number of Topliss-reactive ketones (excluding diaryl/α,β-unsaturated/α-hetero) is 1. The van der Waals surface area contributed by atoms with Crippen LogP contribution >= 0.6 is 39.1 Å². The molecule has 1 N–H and O–H groups in total. The number of carbonyl (C=O) groups excluding carboxylic acids is 3. The highest BCUT2D eigenvalue weighted by molar-refractivity contribution is 9.09. The summed E-state index contributed by atoms with van der Waals surface area (Å²) in [6.45, 7) is 0. The molecule has 0 heterocycles. The van der Waals surface area contributed by atoms with Crippen LogP contribution in [0.3, 0.4) is 0 Å². The van der Waals surface area contributed by atoms with Gasteiger partial charge in [-0.1, -0.05) is 106 Å². The lowest BCUT2D eigenvalue weighted by Gasteiger charge is -2.22. The van der Waals surface area contributed by atoms with Crippen LogP contribution in [-0.2, 0) is 4.74 Å². The Kier molecular flexibility index (Phi) is 8.77. The third-order valence-corrected chi connectivity index (χ3v) is 7.02. The van der Waals surface area contributed by atoms with Crippen LogP contribution in [0.15, 0.2) is 103 Å². The van der Waals surface area contributed by atoms with Gasteiger partial charge in [0.25, 0.3) is 5.91 Å². The Morgan fingerprint density at radius 2 is 1.41 bits per heavy atom. The van der Waals surface area contributed by atoms with E-state index in [1.54, 1.807) is 54.6 Å². The summed E-state index contributed by atoms with van der Waals surface area (Å²) in [5.41, 5.74) is 1.96. The van der Waals surface area contributed by atoms with Crippen molar-refractivity contribution in [2.24, 2.45) is 0 Å². The number of carbonyl (C=O) groups is 3. The number of nitrogens with one attached hydrogen (secondary N) is 1. The van der Waals surface area contributed by atoms with E-state index in [1.165, 1.54) is 18.2 Å². The molecule has 0 saturated carbocycles. The smallest absolute Gasteiger partial charge is 0.338 e. The maximum atomic E-state index is 13.4. The van der Waals surface area contributed by atoms with Gasteiger partial charge in [-0.3, -0.25) is 9.59 Å². The molecule has 0 radical (unpaired) electrons. The van der Waals surface area contributed by atoms with Gasteiger partial charge in [-0.25, -0.2) is 4.79 Å². The number of halogens is 3. The van der Waals surface area contributed by atoms with Gasteiger partial charge in [0.2, 0.25) is 5.78 Å². The summed E-state index contributed by atoms with van der Waals surface area (Å²) in [5.74, 6) is -1.52. The molecular formula is C29H20BrCl2NO4. The van der Waals surface area contributed by atoms with E-state index in [9.17, 15) is 14.4 Å². The molecule has 0 spiro atoms. The lowest BCUT2D eigenvalue weighted by atomic mass is 9.99. The predicted molar refractivity (Wildman–Crippen MR) is 149 cm³/mol. The Balaban J connectivity index is 1.56. The number of anilines is 1. The van der Waals surface area contributed by atoms with Crippen LogP contribution in [0.2, 0.25) is 10.0 Å². The maximum Gasteiger partial charge on any atom is 0.338 e. The highest BCUT2D eigenvalue weighted by Crippen LogP contribution is 2.31. The van der Waals surface area contributed by atoms with Crippen molar-refractivity contribution in [3.05, 3.63) is 135 Å². The number of ether oxygens (including phenoxy) is 1. The first-order valence-electron chi connectivity index (χ1n) is 11.2. The highest BCUT2D eigenvalue weighted by Gasteiger charge is 2.32. The fourth-order valence-corrected chi connectivity index (χ4v) is 4.75. The largest absolute Gasteiger partial charge is 0.449 e. The van der Waals surface area contributed by atoms with E-state index in [4.69, 9.17) is 27.9 Å². The molecule has 0 aliphatic rings. The minimum Gasteiger partial charge on any atom is -0.449 e. The SMILES string of the molecule is O=C(O[C@H](C(=O)c1ccccc1)[C@@H](Br)c1ccccc1)c1cccc(NC(=O)c2ccc(Cl)cc2Cl)c1. The van der Waals surface area contributed by atoms with Crippen LogP contribution in [-0.4, -0.2) is 23.8 Å². The molecule has 4 rings (SSSR count). The average Bonchev–Trinajstić information content (AvgIpc) is 2.92. The van der Waals surface area contributed by atoms with Gasteiger partial charge in [0.15, 0.2) is 6.10 Å². The van der Waals surface area contributed by atoms with Gasteiger partial charge in [-0.15, -0.1) is 0 Å². The first-order valence-corrected chi connectivity index (χ1v) is 12.9. The van der Waals surface area contributed by atoms with Gasteiger partial charge in [-0.05, 0) is 42.0 Å². The lowest BCUT2D eigenvalue weighted by molar-refractivity contribution is 0.0282. The van der Waals surface area contributed by atoms with E-state index in [-0.39, 0.29) is 21.9 Å². The summed E-state index contributed by atoms with van der Waals surface area (Å²) < 4.78 is 5.76. The molecule has 37 heavy (non-hydrogen) atoms. The molecule has 0 aliphatic carbocycles. The standard InChI is InChI=1S/C29H20BrCl2NO4/c30-25(18-8-3-1-4-9-18)27(26(34)19-10-5-2-6-11-19)37-29(36)20-12-7-13-22(16-20)33-28(35)23-15-14-21(31)17-24(23)32/h1-17,25,27H,(H,33,35)/t25-,27-/m0/s1. The summed E-state index contributed by atoms with van der Waals surface area (Å²) in [5, 5.41) is 3.32. The van der Waals surface area contributed by atoms with Crippen LogP contribution in [0.5, 0.6) is 0 Å². The Morgan fingerprint density at radius 1 is 0.757 bits per heavy atom. The first kappa shape index (κ1) is 26.6. The second-order valence-electron chi connectivity index (χ2n) is 8.03. The van der Waals surface area contributed by atoms with Crippen LogP contribution in [0.4, 0.5) is 5.69 Å². The van der Waals surface area contributed by atoms with Gasteiger partial charge in [0.05, 0.1) is 21.0 Å². The summed E-state index contributed by atoms with van der Waals surface area (Å²) in [6.07, 6.45) is -1.14. The second kappa shape index (κ2) is 12.2. The monoisotopic (exact) mass is 595 g/mol. The van der Waals surface area contributed by atoms with E-state index in [0.717, 1.165) is 5.56 Å². The minimum atomic E-state index is -1.14. The average molecular weight is 597 g/mol. The molecule has 5 nitrogen and oxygen atoms in total. The Morgan fingerprint density at radius 3 is 2.08 bits per heavy atom. The van der Waals surface area contributed by atoms with Gasteiger partial charge in [0.1, 0.15) is 0 Å². The molecule has 4 aromatic carbocycles. The number of benzene rings is 4. The summed E-state index contributed by atoms with van der Waals surface area (Å²) >= 11 is 15.6. The summed E-state index contributed by atoms with van der Waals surface area (Å²) in [7, 11) is 0. The van der Waals surface area contributed by atoms with Crippen molar-refractivity contribution >= 4 is 62.5 Å². The third-order valence-electron chi connectivity index (χ3n) is 5.47. The van der Waals surface area contributed by atoms with Crippen LogP contribution in [0, 0.1) is 0 Å². The maximum absolute atomic E-state index is 13.4. The number of hydrogen-bond acceptors (Lipinski definition) is 4. The normalized spacial score (nSPS) is 12.3. The Hall–Kier alpha value is -3.45. The molecule has 0 fully saturated rings. The molecule has 2 atom stereocenters. The second-order valence-corrected chi connectivity index (χ2v) is 9.86. The molecule has 0 aliphatic heterocycles. The predicted octanol–water partition coefficient (Wildman–Crippen LogP) is 7.79. The van der Waals surface area contributed by atoms with E-state index < -0.39 is 22.8 Å². The van der Waals surface area contributed by atoms with Crippen LogP contribution in [0.1, 0.15) is 41.5 Å². The molecule has 0 unspecified atom stereocenters. The zero-order valence-electron chi connectivity index (χ0n) is 19.2. The molecule has 1 amide bonds. The van der Waals surface area contributed by atoms with Crippen molar-refractivity contribution in [3.8, 4) is 0 Å². The van der Waals surface area contributed by atoms with E-state index in [2.05, 4.69) is 21.2 Å². The highest BCUT2D eigenvalue weighted by atomic mass is 79.9. The van der Waals surface area contributed by atoms with Gasteiger partial charge >= 0.3 is 5.97 Å². The van der Waals surface area contributed by atoms with E-state index in [0.29, 0.717) is 16.3 Å². The van der Waals surface area contributed by atoms with Crippen molar-refractivity contribution in [1.82, 2.24) is 0 Å². The minimum absolute atomic E-state index is 0.165. The molecule has 4 aromatic rings. The lowest BCUT2D eigenvalue weighted by Crippen LogP contribution is -2.31. The number of amides is 1. The first-order chi connectivity index (χ1) is 17.8. The fourth-order valence-electron chi connectivity index (χ4n) is 3.60. The number of rotatable bonds is 8. The van der Waals surface area contributed by atoms with Crippen molar-refractivity contribution in [1.29, 1.82) is 0 Å². The quantitative estimate of drug-likeness (QED) is 0.128. The number of ketones is 1. The molecule has 0 aromatic heterocycles. The molecule has 0 saturated heterocycles. The van der Waals surface area contributed by atoms with Crippen LogP contribution in [0.25, 0.3) is 0 Å². The molecule has 186 valence electrons. The number of esters is 1. The Bertz CT molecular complexity index is 1430. The topological polar surface area (TPSA) is 72.5 Å². The van der Waals surface area contributed by atoms with Gasteiger partial charge in [0, 0.05) is 16.3 Å². The van der Waals surface area contributed by atoms with Crippen molar-refractivity contribution in [2.45, 2.75) is 10.9 Å². The third kappa shape index (κ3) is 6.66. The summed E-state index contributed by atoms with van der Waals surface area (Å²) in [6, 6.07) is 28.7. The molecule has 0 bridgehead atoms. The Labute approximate surface area is 232 Å². The fraction of sp³-hybridized carbons (Fsp3) is 0.0690. The van der Waals surface area contributed by atoms with E-state index in [1.807, 2.05) is 30.3 Å². The van der Waals surface area contributed by atoms with Gasteiger partial charge < -0.3 is 10.1 Å². The summed E-state index contributed by atoms with van der Waals surface area (Å²) in [4.78, 5) is 38.7. The zero-order valence-corrected chi connectivity index (χ0v) is 22.3. The zero-order chi connectivity index (χ0) is 26.4. The van der Waals surface area contributed by atoms with Gasteiger partial charge in [-0.2, -0.15) is 0 Å². The van der Waals surface area contributed by atoms with Crippen molar-refractivity contribution in [2.75, 3.05) is 5.32 Å². The van der Waals surface area contributed by atoms with Crippen LogP contribution < -0.4 is 5.32 Å². The molecular weight excluding hydrogens is 577 g/mol. The van der Waals surface area contributed by atoms with E-state index >= 15 is 0 Å². The molecule has 8 heteroatoms. The van der Waals surface area contributed by atoms with Crippen molar-refractivity contribution in [3.63, 3.8) is 0 Å².